The molecule has 2 bridgehead atoms. The molecule has 0 aliphatic carbocycles. The summed E-state index contributed by atoms with van der Waals surface area (Å²) in [5.41, 5.74) is 0. The molecule has 2 aliphatic rings. The van der Waals surface area contributed by atoms with E-state index in [0.29, 0.717) is 0 Å². The number of nitrogens with zero attached hydrogens (tertiary/aromatic N) is 1. The monoisotopic (exact) mass is 217 g/mol. The van der Waals surface area contributed by atoms with Gasteiger partial charge < -0.3 is 5.21 Å². The molecule has 14 heavy (non-hydrogen) atoms. The number of hydrogen-bond donors (Lipinski definition) is 0. The molecule has 0 aromatic carbocycles. The molecule has 82 valence electrons. The van der Waals surface area contributed by atoms with Crippen LogP contribution < -0.4 is 0 Å². The van der Waals surface area contributed by atoms with Crippen LogP contribution in [0.25, 0.3) is 0 Å². The topological polar surface area (TPSA) is 40.1 Å². The Morgan fingerprint density at radius 2 is 1.50 bits per heavy atom. The predicted molar refractivity (Wildman–Crippen MR) is 57.6 cm³/mol. The van der Waals surface area contributed by atoms with Gasteiger partial charge in [0.25, 0.3) is 0 Å². The number of hydroxylamine groups is 2. The van der Waals surface area contributed by atoms with Gasteiger partial charge in [-0.1, -0.05) is 0 Å². The van der Waals surface area contributed by atoms with E-state index in [1.165, 1.54) is 0 Å². The molecule has 3 unspecified atom stereocenters. The van der Waals surface area contributed by atoms with Crippen LogP contribution in [0.2, 0.25) is 0 Å². The minimum atomic E-state index is -1.26. The van der Waals surface area contributed by atoms with Gasteiger partial charge in [-0.2, -0.15) is 4.21 Å². The first-order chi connectivity index (χ1) is 6.65. The fourth-order valence-electron chi connectivity index (χ4n) is 3.08. The third kappa shape index (κ3) is 1.53. The van der Waals surface area contributed by atoms with Crippen molar-refractivity contribution in [3.63, 3.8) is 0 Å². The van der Waals surface area contributed by atoms with E-state index in [9.17, 15) is 9.42 Å². The molecule has 0 amide bonds. The van der Waals surface area contributed by atoms with Crippen LogP contribution in [-0.4, -0.2) is 26.6 Å². The van der Waals surface area contributed by atoms with Crippen LogP contribution in [0, 0.1) is 5.21 Å². The highest BCUT2D eigenvalue weighted by molar-refractivity contribution is 7.78. The molecular formula is C10H19NO2S. The van der Waals surface area contributed by atoms with E-state index >= 15 is 0 Å². The fraction of sp³-hybridized carbons (Fsp3) is 1.00. The number of piperidine rings is 1. The number of fused-ring (bicyclic) bond motifs is 2. The van der Waals surface area contributed by atoms with Gasteiger partial charge in [0.15, 0.2) is 0 Å². The summed E-state index contributed by atoms with van der Waals surface area (Å²) in [7, 11) is -1.26. The van der Waals surface area contributed by atoms with E-state index in [1.807, 2.05) is 0 Å². The second kappa shape index (κ2) is 3.91. The van der Waals surface area contributed by atoms with E-state index in [1.54, 1.807) is 6.26 Å². The molecule has 2 fully saturated rings. The number of rotatable bonds is 1. The van der Waals surface area contributed by atoms with Crippen LogP contribution in [0.3, 0.4) is 0 Å². The van der Waals surface area contributed by atoms with Gasteiger partial charge in [0.2, 0.25) is 11.0 Å². The second-order valence-electron chi connectivity index (χ2n) is 4.59. The molecule has 2 saturated heterocycles. The molecule has 0 aromatic heterocycles. The van der Waals surface area contributed by atoms with Gasteiger partial charge in [0, 0.05) is 25.7 Å². The van der Waals surface area contributed by atoms with Crippen molar-refractivity contribution in [2.45, 2.75) is 57.0 Å². The van der Waals surface area contributed by atoms with E-state index in [-0.39, 0.29) is 16.1 Å². The Labute approximate surface area is 88.2 Å². The zero-order chi connectivity index (χ0) is 10.2. The molecule has 0 radical (unpaired) electrons. The summed E-state index contributed by atoms with van der Waals surface area (Å²) < 4.78 is 11.3. The summed E-state index contributed by atoms with van der Waals surface area (Å²) in [4.78, 5) is 0. The molecule has 0 N–H and O–H groups in total. The van der Waals surface area contributed by atoms with Gasteiger partial charge in [0.05, 0.1) is 6.26 Å². The summed E-state index contributed by atoms with van der Waals surface area (Å²) in [6.45, 7) is 0. The lowest BCUT2D eigenvalue weighted by Crippen LogP contribution is -2.59. The molecule has 2 rings (SSSR count). The molecule has 0 spiro atoms. The minimum Gasteiger partial charge on any atom is -0.618 e. The predicted octanol–water partition coefficient (Wildman–Crippen LogP) is 2.09. The summed E-state index contributed by atoms with van der Waals surface area (Å²) in [5, 5.41) is 12.6. The first-order valence-electron chi connectivity index (χ1n) is 5.59. The van der Waals surface area contributed by atoms with Crippen LogP contribution in [0.15, 0.2) is 0 Å². The van der Waals surface area contributed by atoms with Crippen molar-refractivity contribution in [2.24, 2.45) is 0 Å². The Hall–Kier alpha value is 0.0700. The zero-order valence-corrected chi connectivity index (χ0v) is 9.59. The van der Waals surface area contributed by atoms with Gasteiger partial charge in [-0.05, 0) is 19.3 Å². The number of quaternary nitrogens is 1. The minimum absolute atomic E-state index is 0.127. The van der Waals surface area contributed by atoms with Gasteiger partial charge in [-0.25, -0.2) is 0 Å². The molecule has 2 heterocycles. The van der Waals surface area contributed by atoms with Crippen molar-refractivity contribution >= 4 is 11.0 Å². The van der Waals surface area contributed by atoms with E-state index < -0.39 is 11.0 Å². The lowest BCUT2D eigenvalue weighted by atomic mass is 9.97. The van der Waals surface area contributed by atoms with E-state index in [4.69, 9.17) is 0 Å². The lowest BCUT2D eigenvalue weighted by Gasteiger charge is -2.52. The quantitative estimate of drug-likeness (QED) is 0.498. The molecule has 0 aromatic rings. The van der Waals surface area contributed by atoms with Crippen LogP contribution in [0.1, 0.15) is 44.9 Å². The Bertz CT molecular complexity index is 230. The smallest absolute Gasteiger partial charge is 0.204 e. The van der Waals surface area contributed by atoms with Gasteiger partial charge in [-0.3, -0.25) is 4.05 Å². The van der Waals surface area contributed by atoms with Crippen LogP contribution >= 0.6 is 0 Å². The maximum Gasteiger partial charge on any atom is 0.204 e. The Morgan fingerprint density at radius 3 is 1.93 bits per heavy atom. The van der Waals surface area contributed by atoms with Crippen molar-refractivity contribution in [3.8, 4) is 0 Å². The fourth-order valence-corrected chi connectivity index (χ4v) is 4.34. The molecule has 4 heteroatoms. The summed E-state index contributed by atoms with van der Waals surface area (Å²) >= 11 is 0. The molecule has 3 nitrogen and oxygen atoms in total. The number of hydrogen-bond acceptors (Lipinski definition) is 2. The van der Waals surface area contributed by atoms with Gasteiger partial charge in [0.1, 0.15) is 12.1 Å². The molecule has 0 saturated carbocycles. The average Bonchev–Trinajstić information content (AvgIpc) is 2.25. The Kier molecular flexibility index (Phi) is 2.96. The summed E-state index contributed by atoms with van der Waals surface area (Å²) in [6.07, 6.45) is 9.00. The lowest BCUT2D eigenvalue weighted by molar-refractivity contribution is -0.811. The maximum atomic E-state index is 12.6. The largest absolute Gasteiger partial charge is 0.618 e. The highest BCUT2D eigenvalue weighted by Gasteiger charge is 2.44. The maximum absolute atomic E-state index is 12.6. The Balaban J connectivity index is 2.30. The van der Waals surface area contributed by atoms with Crippen molar-refractivity contribution in [2.75, 3.05) is 6.26 Å². The normalized spacial score (nSPS) is 45.6. The van der Waals surface area contributed by atoms with Crippen LogP contribution in [0.5, 0.6) is 0 Å². The summed E-state index contributed by atoms with van der Waals surface area (Å²) in [6, 6.07) is 0.254. The average molecular weight is 217 g/mol. The third-order valence-corrected chi connectivity index (χ3v) is 5.22. The second-order valence-corrected chi connectivity index (χ2v) is 6.01. The molecule has 2 aliphatic heterocycles. The third-order valence-electron chi connectivity index (χ3n) is 3.82. The summed E-state index contributed by atoms with van der Waals surface area (Å²) in [5.74, 6) is 0. The van der Waals surface area contributed by atoms with Crippen molar-refractivity contribution in [1.29, 1.82) is 0 Å². The SMILES string of the molecule is CS(=O)[N+]1([O-])C2CCCCC1CCC2. The van der Waals surface area contributed by atoms with Gasteiger partial charge in [-0.15, -0.1) is 0 Å². The molecular weight excluding hydrogens is 198 g/mol. The van der Waals surface area contributed by atoms with Crippen molar-refractivity contribution in [3.05, 3.63) is 5.21 Å². The van der Waals surface area contributed by atoms with Gasteiger partial charge >= 0.3 is 0 Å². The van der Waals surface area contributed by atoms with Crippen molar-refractivity contribution in [1.82, 2.24) is 0 Å². The zero-order valence-electron chi connectivity index (χ0n) is 8.78. The van der Waals surface area contributed by atoms with Crippen molar-refractivity contribution < 1.29 is 8.26 Å². The first-order valence-corrected chi connectivity index (χ1v) is 7.10. The molecule has 3 atom stereocenters. The van der Waals surface area contributed by atoms with Crippen LogP contribution in [-0.2, 0) is 11.0 Å². The first kappa shape index (κ1) is 10.6. The van der Waals surface area contributed by atoms with Crippen LogP contribution in [0.4, 0.5) is 0 Å². The Morgan fingerprint density at radius 1 is 1.07 bits per heavy atom. The highest BCUT2D eigenvalue weighted by atomic mass is 32.2. The standard InChI is InChI=1S/C10H19NO2S/c1-14(13)11(12)9-5-2-3-6-10(11)8-4-7-9/h9-10H,2-8H2,1H3. The highest BCUT2D eigenvalue weighted by Crippen LogP contribution is 2.39. The van der Waals surface area contributed by atoms with E-state index in [0.717, 1.165) is 44.9 Å². The van der Waals surface area contributed by atoms with E-state index in [2.05, 4.69) is 0 Å².